The van der Waals surface area contributed by atoms with Crippen molar-refractivity contribution in [1.82, 2.24) is 18.9 Å². The largest absolute Gasteiger partial charge is 0.480 e. The Morgan fingerprint density at radius 1 is 1.06 bits per heavy atom. The molecule has 0 fully saturated rings. The minimum Gasteiger partial charge on any atom is -0.480 e. The molecule has 0 radical (unpaired) electrons. The number of alkyl halides is 3. The first-order valence-electron chi connectivity index (χ1n) is 10.5. The Kier molecular flexibility index (Phi) is 6.48. The topological polar surface area (TPSA) is 99.1 Å². The lowest BCUT2D eigenvalue weighted by molar-refractivity contribution is -0.140. The van der Waals surface area contributed by atoms with Crippen molar-refractivity contribution in [3.63, 3.8) is 0 Å². The molecule has 186 valence electrons. The highest BCUT2D eigenvalue weighted by Crippen LogP contribution is 2.31. The fraction of sp³-hybridized carbons (Fsp3) is 0.167. The molecule has 0 saturated heterocycles. The maximum absolute atomic E-state index is 13.6. The molecule has 36 heavy (non-hydrogen) atoms. The van der Waals surface area contributed by atoms with Crippen molar-refractivity contribution in [3.8, 4) is 22.6 Å². The van der Waals surface area contributed by atoms with Crippen molar-refractivity contribution in [2.24, 2.45) is 0 Å². The zero-order chi connectivity index (χ0) is 26.4. The van der Waals surface area contributed by atoms with Crippen LogP contribution in [0.4, 0.5) is 13.2 Å². The third-order valence-corrected chi connectivity index (χ3v) is 6.20. The molecular formula is C24H18BrF3N4O4. The summed E-state index contributed by atoms with van der Waals surface area (Å²) in [5.74, 6) is -1.46. The van der Waals surface area contributed by atoms with Crippen molar-refractivity contribution in [2.45, 2.75) is 26.1 Å². The number of carbonyl (C=O) groups is 1. The number of carboxylic acids is 1. The average molecular weight is 563 g/mol. The summed E-state index contributed by atoms with van der Waals surface area (Å²) in [7, 11) is 0. The van der Waals surface area contributed by atoms with E-state index in [0.717, 1.165) is 34.2 Å². The number of aromatic nitrogens is 4. The van der Waals surface area contributed by atoms with E-state index in [2.05, 4.69) is 21.0 Å². The van der Waals surface area contributed by atoms with Gasteiger partial charge in [0.1, 0.15) is 6.04 Å². The second-order valence-corrected chi connectivity index (χ2v) is 8.84. The Bertz CT molecular complexity index is 1590. The summed E-state index contributed by atoms with van der Waals surface area (Å²) in [5.41, 5.74) is -2.43. The van der Waals surface area contributed by atoms with E-state index in [1.807, 2.05) is 0 Å². The number of nitrogens with zero attached hydrogens (tertiary/aromatic N) is 4. The van der Waals surface area contributed by atoms with Crippen LogP contribution in [0.15, 0.2) is 74.9 Å². The van der Waals surface area contributed by atoms with Gasteiger partial charge in [-0.15, -0.1) is 0 Å². The Morgan fingerprint density at radius 2 is 1.72 bits per heavy atom. The highest BCUT2D eigenvalue weighted by Gasteiger charge is 2.32. The van der Waals surface area contributed by atoms with E-state index < -0.39 is 35.0 Å². The van der Waals surface area contributed by atoms with Crippen molar-refractivity contribution >= 4 is 21.9 Å². The lowest BCUT2D eigenvalue weighted by Crippen LogP contribution is -2.45. The number of hydrogen-bond donors (Lipinski definition) is 1. The summed E-state index contributed by atoms with van der Waals surface area (Å²) in [6, 6.07) is 10.9. The predicted molar refractivity (Wildman–Crippen MR) is 129 cm³/mol. The number of aliphatic carboxylic acids is 1. The van der Waals surface area contributed by atoms with E-state index in [9.17, 15) is 32.7 Å². The molecule has 0 aliphatic carbocycles. The summed E-state index contributed by atoms with van der Waals surface area (Å²) in [6.07, 6.45) is -3.26. The average Bonchev–Trinajstić information content (AvgIpc) is 3.28. The smallest absolute Gasteiger partial charge is 0.416 e. The van der Waals surface area contributed by atoms with Gasteiger partial charge in [-0.25, -0.2) is 18.8 Å². The summed E-state index contributed by atoms with van der Waals surface area (Å²) in [6.45, 7) is 2.56. The highest BCUT2D eigenvalue weighted by atomic mass is 79.9. The Labute approximate surface area is 210 Å². The van der Waals surface area contributed by atoms with E-state index >= 15 is 0 Å². The van der Waals surface area contributed by atoms with Crippen LogP contribution in [0.5, 0.6) is 0 Å². The van der Waals surface area contributed by atoms with Gasteiger partial charge >= 0.3 is 17.8 Å². The maximum Gasteiger partial charge on any atom is 0.416 e. The molecule has 0 saturated carbocycles. The predicted octanol–water partition coefficient (Wildman–Crippen LogP) is 4.59. The van der Waals surface area contributed by atoms with Gasteiger partial charge in [0, 0.05) is 10.2 Å². The fourth-order valence-electron chi connectivity index (χ4n) is 3.88. The van der Waals surface area contributed by atoms with E-state index in [4.69, 9.17) is 0 Å². The SMILES string of the molecule is Cc1c(-c2ccnn2-c2ccc(Br)cc2)c(=O)n(C(C)C(=O)O)c(=O)n1-c1cccc(C(F)(F)F)c1. The van der Waals surface area contributed by atoms with E-state index in [1.54, 1.807) is 24.3 Å². The van der Waals surface area contributed by atoms with Crippen LogP contribution in [0.2, 0.25) is 0 Å². The van der Waals surface area contributed by atoms with Crippen LogP contribution in [0.3, 0.4) is 0 Å². The molecule has 1 unspecified atom stereocenters. The number of rotatable bonds is 5. The lowest BCUT2D eigenvalue weighted by Gasteiger charge is -2.20. The van der Waals surface area contributed by atoms with Gasteiger partial charge in [-0.1, -0.05) is 22.0 Å². The summed E-state index contributed by atoms with van der Waals surface area (Å²) in [5, 5.41) is 13.8. The summed E-state index contributed by atoms with van der Waals surface area (Å²) >= 11 is 3.34. The van der Waals surface area contributed by atoms with Gasteiger partial charge in [0.25, 0.3) is 5.56 Å². The zero-order valence-electron chi connectivity index (χ0n) is 18.8. The molecule has 2 aromatic heterocycles. The molecule has 0 amide bonds. The van der Waals surface area contributed by atoms with E-state index in [1.165, 1.54) is 29.9 Å². The highest BCUT2D eigenvalue weighted by molar-refractivity contribution is 9.10. The molecule has 1 N–H and O–H groups in total. The quantitative estimate of drug-likeness (QED) is 0.383. The van der Waals surface area contributed by atoms with Crippen LogP contribution in [-0.4, -0.2) is 30.0 Å². The standard InChI is InChI=1S/C24H18BrF3N4O4/c1-13-20(19-10-11-29-32(19)17-8-6-16(25)7-9-17)21(33)31(14(2)22(34)35)23(36)30(13)18-5-3-4-15(12-18)24(26,27)28/h3-12,14H,1-2H3,(H,34,35). The molecule has 4 rings (SSSR count). The van der Waals surface area contributed by atoms with Gasteiger partial charge in [0.05, 0.1) is 34.4 Å². The zero-order valence-corrected chi connectivity index (χ0v) is 20.4. The summed E-state index contributed by atoms with van der Waals surface area (Å²) < 4.78 is 43.8. The monoisotopic (exact) mass is 562 g/mol. The minimum atomic E-state index is -4.68. The van der Waals surface area contributed by atoms with Gasteiger partial charge in [-0.3, -0.25) is 9.36 Å². The molecular weight excluding hydrogens is 545 g/mol. The van der Waals surface area contributed by atoms with Gasteiger partial charge < -0.3 is 5.11 Å². The fourth-order valence-corrected chi connectivity index (χ4v) is 4.14. The molecule has 8 nitrogen and oxygen atoms in total. The molecule has 0 aliphatic rings. The van der Waals surface area contributed by atoms with Gasteiger partial charge in [-0.2, -0.15) is 18.3 Å². The number of hydrogen-bond acceptors (Lipinski definition) is 4. The third kappa shape index (κ3) is 4.39. The number of carboxylic acid groups (broad SMARTS) is 1. The van der Waals surface area contributed by atoms with Crippen molar-refractivity contribution in [2.75, 3.05) is 0 Å². The van der Waals surface area contributed by atoms with Crippen LogP contribution in [0, 0.1) is 6.92 Å². The second-order valence-electron chi connectivity index (χ2n) is 7.92. The Hall–Kier alpha value is -3.93. The Balaban J connectivity index is 2.09. The normalized spacial score (nSPS) is 12.5. The number of halogens is 4. The molecule has 0 bridgehead atoms. The van der Waals surface area contributed by atoms with Crippen molar-refractivity contribution < 1.29 is 23.1 Å². The molecule has 12 heteroatoms. The van der Waals surface area contributed by atoms with Gasteiger partial charge in [-0.05, 0) is 62.4 Å². The van der Waals surface area contributed by atoms with Gasteiger partial charge in [0.2, 0.25) is 0 Å². The van der Waals surface area contributed by atoms with Crippen molar-refractivity contribution in [3.05, 3.63) is 97.4 Å². The number of benzene rings is 2. The first kappa shape index (κ1) is 25.2. The van der Waals surface area contributed by atoms with Crippen LogP contribution in [0.25, 0.3) is 22.6 Å². The first-order chi connectivity index (χ1) is 16.9. The molecule has 4 aromatic rings. The van der Waals surface area contributed by atoms with Crippen molar-refractivity contribution in [1.29, 1.82) is 0 Å². The molecule has 2 heterocycles. The van der Waals surface area contributed by atoms with Crippen LogP contribution in [-0.2, 0) is 11.0 Å². The summed E-state index contributed by atoms with van der Waals surface area (Å²) in [4.78, 5) is 38.7. The molecule has 2 aromatic carbocycles. The van der Waals surface area contributed by atoms with E-state index in [-0.39, 0.29) is 22.6 Å². The van der Waals surface area contributed by atoms with Crippen LogP contribution < -0.4 is 11.2 Å². The molecule has 0 aliphatic heterocycles. The lowest BCUT2D eigenvalue weighted by atomic mass is 10.1. The molecule has 1 atom stereocenters. The maximum atomic E-state index is 13.6. The van der Waals surface area contributed by atoms with Crippen LogP contribution in [0.1, 0.15) is 24.2 Å². The van der Waals surface area contributed by atoms with Crippen LogP contribution >= 0.6 is 15.9 Å². The third-order valence-electron chi connectivity index (χ3n) is 5.67. The minimum absolute atomic E-state index is 0.0250. The Morgan fingerprint density at radius 3 is 2.33 bits per heavy atom. The van der Waals surface area contributed by atoms with E-state index in [0.29, 0.717) is 10.3 Å². The van der Waals surface area contributed by atoms with Gasteiger partial charge in [0.15, 0.2) is 0 Å². The molecule has 0 spiro atoms. The first-order valence-corrected chi connectivity index (χ1v) is 11.3. The second kappa shape index (κ2) is 9.26.